The van der Waals surface area contributed by atoms with Crippen LogP contribution in [0.1, 0.15) is 26.7 Å². The predicted octanol–water partition coefficient (Wildman–Crippen LogP) is 0.859. The van der Waals surface area contributed by atoms with Crippen molar-refractivity contribution in [1.29, 1.82) is 0 Å². The molecule has 0 unspecified atom stereocenters. The van der Waals surface area contributed by atoms with Crippen molar-refractivity contribution in [2.75, 3.05) is 0 Å². The van der Waals surface area contributed by atoms with E-state index >= 15 is 0 Å². The molecule has 0 fully saturated rings. The molecule has 11 heavy (non-hydrogen) atoms. The molecule has 3 heteroatoms. The van der Waals surface area contributed by atoms with Crippen molar-refractivity contribution in [3.8, 4) is 0 Å². The van der Waals surface area contributed by atoms with Gasteiger partial charge in [-0.15, -0.1) is 6.58 Å². The Morgan fingerprint density at radius 2 is 1.73 bits per heavy atom. The first kappa shape index (κ1) is 13.0. The third kappa shape index (κ3) is 92.3. The molecule has 0 aliphatic rings. The monoisotopic (exact) mass is 160 g/mol. The fraction of sp³-hybridized carbons (Fsp3) is 0.625. The molecule has 0 radical (unpaired) electrons. The largest absolute Gasteiger partial charge is 0.366 e. The van der Waals surface area contributed by atoms with E-state index < -0.39 is 5.79 Å². The maximum absolute atomic E-state index is 9.52. The molecule has 0 atom stereocenters. The predicted molar refractivity (Wildman–Crippen MR) is 44.0 cm³/mol. The summed E-state index contributed by atoms with van der Waals surface area (Å²) in [6.45, 7) is 6.04. The minimum Gasteiger partial charge on any atom is -0.366 e. The molecule has 0 aromatic heterocycles. The number of hydrogen-bond acceptors (Lipinski definition) is 3. The van der Waals surface area contributed by atoms with Crippen molar-refractivity contribution in [2.24, 2.45) is 0 Å². The molecule has 0 amide bonds. The number of hydrogen-bond donors (Lipinski definition) is 2. The lowest BCUT2D eigenvalue weighted by molar-refractivity contribution is -0.127. The number of unbranched alkanes of at least 4 members (excludes halogenated alkanes) is 1. The highest BCUT2D eigenvalue weighted by atomic mass is 16.5. The molecule has 2 N–H and O–H groups in total. The van der Waals surface area contributed by atoms with Crippen LogP contribution in [0.3, 0.4) is 0 Å². The summed E-state index contributed by atoms with van der Waals surface area (Å²) in [5, 5.41) is 16.2. The van der Waals surface area contributed by atoms with E-state index in [4.69, 9.17) is 10.2 Å². The molecule has 66 valence electrons. The van der Waals surface area contributed by atoms with E-state index in [1.807, 2.05) is 0 Å². The second-order valence-electron chi connectivity index (χ2n) is 2.53. The van der Waals surface area contributed by atoms with E-state index in [2.05, 4.69) is 6.58 Å². The van der Waals surface area contributed by atoms with Crippen LogP contribution in [0.15, 0.2) is 12.7 Å². The summed E-state index contributed by atoms with van der Waals surface area (Å²) >= 11 is 0. The quantitative estimate of drug-likeness (QED) is 0.278. The van der Waals surface area contributed by atoms with Crippen LogP contribution in [0.5, 0.6) is 0 Å². The van der Waals surface area contributed by atoms with Gasteiger partial charge in [0.25, 0.3) is 0 Å². The third-order valence-electron chi connectivity index (χ3n) is 0.489. The maximum Gasteiger partial charge on any atom is 0.156 e. The molecule has 0 rings (SSSR count). The Kier molecular flexibility index (Phi) is 8.76. The van der Waals surface area contributed by atoms with Crippen LogP contribution in [-0.4, -0.2) is 22.3 Å². The molecular weight excluding hydrogens is 144 g/mol. The van der Waals surface area contributed by atoms with Crippen LogP contribution in [0, 0.1) is 0 Å². The standard InChI is InChI=1S/C5H8O.C3H8O2/c1-2-3-4-5-6;1-3(2,4)5/h2,5H,1,3-4H2;4-5H,1-2H3. The summed E-state index contributed by atoms with van der Waals surface area (Å²) in [5.74, 6) is -1.50. The second-order valence-corrected chi connectivity index (χ2v) is 2.53. The first-order chi connectivity index (χ1) is 4.91. The minimum atomic E-state index is -1.50. The van der Waals surface area contributed by atoms with E-state index in [9.17, 15) is 4.79 Å². The highest BCUT2D eigenvalue weighted by molar-refractivity contribution is 5.49. The van der Waals surface area contributed by atoms with Crippen LogP contribution < -0.4 is 0 Å². The second kappa shape index (κ2) is 7.44. The van der Waals surface area contributed by atoms with Crippen LogP contribution in [0.2, 0.25) is 0 Å². The molecule has 0 aromatic rings. The zero-order valence-electron chi connectivity index (χ0n) is 7.08. The van der Waals surface area contributed by atoms with Gasteiger partial charge in [0.05, 0.1) is 0 Å². The lowest BCUT2D eigenvalue weighted by Crippen LogP contribution is -2.15. The van der Waals surface area contributed by atoms with Gasteiger partial charge in [-0.3, -0.25) is 0 Å². The lowest BCUT2D eigenvalue weighted by Gasteiger charge is -2.03. The van der Waals surface area contributed by atoms with Crippen molar-refractivity contribution in [3.05, 3.63) is 12.7 Å². The summed E-state index contributed by atoms with van der Waals surface area (Å²) in [4.78, 5) is 9.52. The Labute approximate surface area is 67.4 Å². The van der Waals surface area contributed by atoms with Gasteiger partial charge in [-0.1, -0.05) is 6.08 Å². The van der Waals surface area contributed by atoms with Gasteiger partial charge >= 0.3 is 0 Å². The van der Waals surface area contributed by atoms with Gasteiger partial charge in [0.1, 0.15) is 6.29 Å². The number of carbonyl (C=O) groups is 1. The van der Waals surface area contributed by atoms with E-state index in [-0.39, 0.29) is 0 Å². The first-order valence-corrected chi connectivity index (χ1v) is 3.41. The zero-order chi connectivity index (χ0) is 9.33. The molecule has 0 saturated carbocycles. The molecule has 0 heterocycles. The third-order valence-corrected chi connectivity index (χ3v) is 0.489. The molecule has 3 nitrogen and oxygen atoms in total. The minimum absolute atomic E-state index is 0.615. The van der Waals surface area contributed by atoms with Crippen molar-refractivity contribution >= 4 is 6.29 Å². The van der Waals surface area contributed by atoms with Crippen LogP contribution in [0.25, 0.3) is 0 Å². The summed E-state index contributed by atoms with van der Waals surface area (Å²) in [7, 11) is 0. The summed E-state index contributed by atoms with van der Waals surface area (Å²) in [6.07, 6.45) is 4.04. The number of carbonyl (C=O) groups excluding carboxylic acids is 1. The highest BCUT2D eigenvalue weighted by Gasteiger charge is 2.00. The van der Waals surface area contributed by atoms with Crippen molar-refractivity contribution in [1.82, 2.24) is 0 Å². The molecular formula is C8H16O3. The Morgan fingerprint density at radius 1 is 1.36 bits per heavy atom. The van der Waals surface area contributed by atoms with Gasteiger partial charge in [0.15, 0.2) is 5.79 Å². The van der Waals surface area contributed by atoms with Crippen LogP contribution in [-0.2, 0) is 4.79 Å². The molecule has 0 spiro atoms. The normalized spacial score (nSPS) is 9.45. The fourth-order valence-corrected chi connectivity index (χ4v) is 0.186. The topological polar surface area (TPSA) is 57.5 Å². The Morgan fingerprint density at radius 3 is 1.82 bits per heavy atom. The van der Waals surface area contributed by atoms with Crippen molar-refractivity contribution < 1.29 is 15.0 Å². The van der Waals surface area contributed by atoms with Crippen molar-refractivity contribution in [3.63, 3.8) is 0 Å². The number of allylic oxidation sites excluding steroid dienone is 1. The SMILES string of the molecule is C=CCCC=O.CC(C)(O)O. The Bertz CT molecular complexity index is 88.4. The van der Waals surface area contributed by atoms with E-state index in [1.54, 1.807) is 6.08 Å². The molecule has 0 aliphatic heterocycles. The number of aliphatic hydroxyl groups is 2. The van der Waals surface area contributed by atoms with Crippen LogP contribution >= 0.6 is 0 Å². The zero-order valence-corrected chi connectivity index (χ0v) is 7.08. The molecule has 0 bridgehead atoms. The van der Waals surface area contributed by atoms with Gasteiger partial charge in [-0.2, -0.15) is 0 Å². The smallest absolute Gasteiger partial charge is 0.156 e. The van der Waals surface area contributed by atoms with Crippen molar-refractivity contribution in [2.45, 2.75) is 32.5 Å². The fourth-order valence-electron chi connectivity index (χ4n) is 0.186. The van der Waals surface area contributed by atoms with Gasteiger partial charge in [0, 0.05) is 6.42 Å². The average Bonchev–Trinajstić information content (AvgIpc) is 1.79. The molecule has 0 saturated heterocycles. The maximum atomic E-state index is 9.52. The van der Waals surface area contributed by atoms with Crippen LogP contribution in [0.4, 0.5) is 0 Å². The van der Waals surface area contributed by atoms with Gasteiger partial charge in [-0.05, 0) is 20.3 Å². The van der Waals surface area contributed by atoms with Gasteiger partial charge in [0.2, 0.25) is 0 Å². The average molecular weight is 160 g/mol. The molecule has 0 aromatic carbocycles. The Hall–Kier alpha value is -0.670. The molecule has 0 aliphatic carbocycles. The van der Waals surface area contributed by atoms with E-state index in [0.717, 1.165) is 12.7 Å². The first-order valence-electron chi connectivity index (χ1n) is 3.41. The summed E-state index contributed by atoms with van der Waals surface area (Å²) in [6, 6.07) is 0. The van der Waals surface area contributed by atoms with Gasteiger partial charge < -0.3 is 15.0 Å². The number of aldehydes is 1. The van der Waals surface area contributed by atoms with Gasteiger partial charge in [-0.25, -0.2) is 0 Å². The van der Waals surface area contributed by atoms with E-state index in [1.165, 1.54) is 13.8 Å². The highest BCUT2D eigenvalue weighted by Crippen LogP contribution is 1.88. The number of rotatable bonds is 3. The summed E-state index contributed by atoms with van der Waals surface area (Å²) in [5.41, 5.74) is 0. The lowest BCUT2D eigenvalue weighted by atomic mass is 10.3. The van der Waals surface area contributed by atoms with E-state index in [0.29, 0.717) is 6.42 Å². The summed E-state index contributed by atoms with van der Waals surface area (Å²) < 4.78 is 0. The Balaban J connectivity index is 0.